The molecule has 0 saturated carbocycles. The van der Waals surface area contributed by atoms with Crippen molar-refractivity contribution in [2.45, 2.75) is 51.4 Å². The van der Waals surface area contributed by atoms with E-state index in [9.17, 15) is 0 Å². The first-order valence-electron chi connectivity index (χ1n) is 20.1. The Kier molecular flexibility index (Phi) is 6.98. The van der Waals surface area contributed by atoms with Gasteiger partial charge in [0.2, 0.25) is 0 Å². The highest BCUT2D eigenvalue weighted by Crippen LogP contribution is 2.61. The molecule has 10 aromatic rings. The summed E-state index contributed by atoms with van der Waals surface area (Å²) in [6.45, 7) is 9.74. The number of hydrogen-bond acceptors (Lipinski definition) is 6. The lowest BCUT2D eigenvalue weighted by Gasteiger charge is -2.42. The van der Waals surface area contributed by atoms with E-state index in [0.717, 1.165) is 45.2 Å². The van der Waals surface area contributed by atoms with E-state index in [1.165, 1.54) is 66.0 Å². The highest BCUT2D eigenvalue weighted by Gasteiger charge is 2.42. The Hall–Kier alpha value is -7.06. The fourth-order valence-corrected chi connectivity index (χ4v) is 10.3. The number of nitrogens with zero attached hydrogens (tertiary/aromatic N) is 8. The maximum Gasteiger partial charge on any atom is 0.159 e. The third-order valence-corrected chi connectivity index (χ3v) is 13.3. The van der Waals surface area contributed by atoms with E-state index in [1.807, 2.05) is 73.8 Å². The third kappa shape index (κ3) is 4.45. The molecule has 0 radical (unpaired) electrons. The zero-order valence-corrected chi connectivity index (χ0v) is 32.6. The number of rotatable bonds is 4. The van der Waals surface area contributed by atoms with Gasteiger partial charge in [0.05, 0.1) is 45.8 Å². The van der Waals surface area contributed by atoms with Crippen LogP contribution in [0.3, 0.4) is 0 Å². The number of fused-ring (bicyclic) bond motifs is 8. The molecular formula is C50H38N8. The second-order valence-corrected chi connectivity index (χ2v) is 16.2. The summed E-state index contributed by atoms with van der Waals surface area (Å²) in [6.07, 6.45) is 14.9. The Labute approximate surface area is 335 Å². The maximum atomic E-state index is 4.63. The van der Waals surface area contributed by atoms with Gasteiger partial charge in [-0.1, -0.05) is 27.7 Å². The Balaban J connectivity index is 1.24. The molecule has 58 heavy (non-hydrogen) atoms. The van der Waals surface area contributed by atoms with Crippen molar-refractivity contribution in [2.24, 2.45) is 0 Å². The molecule has 0 bridgehead atoms. The van der Waals surface area contributed by atoms with Gasteiger partial charge in [0.25, 0.3) is 0 Å². The molecule has 0 fully saturated rings. The molecule has 4 unspecified atom stereocenters. The fourth-order valence-electron chi connectivity index (χ4n) is 10.3. The van der Waals surface area contributed by atoms with Crippen molar-refractivity contribution in [3.05, 3.63) is 157 Å². The van der Waals surface area contributed by atoms with Crippen molar-refractivity contribution in [3.63, 3.8) is 0 Å². The number of aromatic nitrogens is 8. The van der Waals surface area contributed by atoms with Crippen molar-refractivity contribution < 1.29 is 0 Å². The van der Waals surface area contributed by atoms with E-state index in [1.54, 1.807) is 0 Å². The smallest absolute Gasteiger partial charge is 0.159 e. The largest absolute Gasteiger partial charge is 0.307 e. The molecule has 278 valence electrons. The van der Waals surface area contributed by atoms with Crippen molar-refractivity contribution in [1.29, 1.82) is 0 Å². The van der Waals surface area contributed by atoms with Gasteiger partial charge in [-0.05, 0) is 142 Å². The lowest BCUT2D eigenvalue weighted by Crippen LogP contribution is -2.24. The average molecular weight is 751 g/mol. The van der Waals surface area contributed by atoms with Crippen molar-refractivity contribution in [3.8, 4) is 45.3 Å². The Morgan fingerprint density at radius 1 is 0.431 bits per heavy atom. The normalized spacial score (nSPS) is 18.3. The van der Waals surface area contributed by atoms with Gasteiger partial charge in [-0.25, -0.2) is 19.9 Å². The summed E-state index contributed by atoms with van der Waals surface area (Å²) in [7, 11) is 0. The van der Waals surface area contributed by atoms with E-state index in [4.69, 9.17) is 0 Å². The van der Waals surface area contributed by atoms with E-state index < -0.39 is 0 Å². The second-order valence-electron chi connectivity index (χ2n) is 16.2. The summed E-state index contributed by atoms with van der Waals surface area (Å²) >= 11 is 0. The Morgan fingerprint density at radius 3 is 1.26 bits per heavy atom. The summed E-state index contributed by atoms with van der Waals surface area (Å²) in [5, 5.41) is 4.92. The van der Waals surface area contributed by atoms with Gasteiger partial charge < -0.3 is 9.13 Å². The van der Waals surface area contributed by atoms with E-state index >= 15 is 0 Å². The summed E-state index contributed by atoms with van der Waals surface area (Å²) < 4.78 is 4.91. The van der Waals surface area contributed by atoms with Gasteiger partial charge >= 0.3 is 0 Å². The van der Waals surface area contributed by atoms with Gasteiger partial charge in [0, 0.05) is 69.9 Å². The molecule has 6 aromatic heterocycles. The van der Waals surface area contributed by atoms with Crippen molar-refractivity contribution in [2.75, 3.05) is 0 Å². The Bertz CT molecular complexity index is 3060. The van der Waals surface area contributed by atoms with Gasteiger partial charge in [0.1, 0.15) is 0 Å². The Morgan fingerprint density at radius 2 is 0.862 bits per heavy atom. The molecule has 4 aromatic carbocycles. The van der Waals surface area contributed by atoms with Crippen molar-refractivity contribution in [1.82, 2.24) is 39.0 Å². The molecule has 2 aliphatic carbocycles. The van der Waals surface area contributed by atoms with E-state index in [2.05, 4.69) is 127 Å². The summed E-state index contributed by atoms with van der Waals surface area (Å²) in [5.74, 6) is 2.40. The number of pyridine rings is 2. The average Bonchev–Trinajstić information content (AvgIpc) is 3.79. The van der Waals surface area contributed by atoms with Crippen LogP contribution < -0.4 is 0 Å². The van der Waals surface area contributed by atoms with Crippen LogP contribution in [0.25, 0.3) is 88.9 Å². The first-order chi connectivity index (χ1) is 28.5. The van der Waals surface area contributed by atoms with Gasteiger partial charge in [-0.15, -0.1) is 0 Å². The monoisotopic (exact) mass is 750 g/mol. The lowest BCUT2D eigenvalue weighted by atomic mass is 9.62. The van der Waals surface area contributed by atoms with Crippen LogP contribution in [0.1, 0.15) is 73.6 Å². The minimum atomic E-state index is 0.189. The second kappa shape index (κ2) is 12.2. The molecule has 0 spiro atoms. The van der Waals surface area contributed by atoms with Crippen molar-refractivity contribution >= 4 is 43.6 Å². The van der Waals surface area contributed by atoms with Crippen LogP contribution in [0.15, 0.2) is 135 Å². The molecule has 0 aliphatic heterocycles. The molecule has 8 nitrogen and oxygen atoms in total. The van der Waals surface area contributed by atoms with Crippen LogP contribution in [-0.4, -0.2) is 39.0 Å². The first kappa shape index (κ1) is 33.1. The fraction of sp³-hybridized carbons (Fsp3) is 0.160. The molecule has 4 atom stereocenters. The summed E-state index contributed by atoms with van der Waals surface area (Å²) in [5.41, 5.74) is 17.4. The predicted molar refractivity (Wildman–Crippen MR) is 232 cm³/mol. The highest BCUT2D eigenvalue weighted by molar-refractivity contribution is 6.17. The SMILES string of the molecule is CC1c2cc3c4cc(-c5ncccn5)ccc4n(-c4cccnc4)c3c3c2-c2c(cc4c5cc(-c6ncccn6)ccc5n(-c5cccnc5)c4c2C(C)C3C)C1C. The van der Waals surface area contributed by atoms with Crippen LogP contribution >= 0.6 is 0 Å². The zero-order chi connectivity index (χ0) is 38.8. The topological polar surface area (TPSA) is 87.2 Å². The molecule has 6 heterocycles. The van der Waals surface area contributed by atoms with Crippen LogP contribution in [-0.2, 0) is 0 Å². The third-order valence-electron chi connectivity index (χ3n) is 13.3. The molecule has 0 amide bonds. The molecule has 8 heteroatoms. The predicted octanol–water partition coefficient (Wildman–Crippen LogP) is 11.7. The van der Waals surface area contributed by atoms with E-state index in [0.29, 0.717) is 0 Å². The van der Waals surface area contributed by atoms with Crippen LogP contribution in [0.4, 0.5) is 0 Å². The minimum Gasteiger partial charge on any atom is -0.307 e. The van der Waals surface area contributed by atoms with Crippen LogP contribution in [0.2, 0.25) is 0 Å². The van der Waals surface area contributed by atoms with Crippen LogP contribution in [0.5, 0.6) is 0 Å². The number of benzene rings is 4. The standard InChI is InChI=1S/C50H38N8/c1-27-28(2)36-24-40-38-22-32(50-55-19-8-20-56-50)12-14-42(38)58(34-10-6-16-52-26-34)48(40)44-30(4)29(3)43-45(46(36)44)35(27)23-39-37-21-31(49-53-17-7-18-54-49)11-13-41(37)57(47(39)43)33-9-5-15-51-25-33/h5-30H,1-4H3. The van der Waals surface area contributed by atoms with Gasteiger partial charge in [0.15, 0.2) is 11.6 Å². The molecular weight excluding hydrogens is 713 g/mol. The van der Waals surface area contributed by atoms with E-state index in [-0.39, 0.29) is 23.7 Å². The molecule has 0 N–H and O–H groups in total. The van der Waals surface area contributed by atoms with Crippen LogP contribution in [0, 0.1) is 0 Å². The molecule has 2 aliphatic rings. The van der Waals surface area contributed by atoms with Gasteiger partial charge in [-0.2, -0.15) is 0 Å². The molecule has 0 saturated heterocycles. The minimum absolute atomic E-state index is 0.189. The summed E-state index contributed by atoms with van der Waals surface area (Å²) in [4.78, 5) is 27.8. The maximum absolute atomic E-state index is 4.63. The number of hydrogen-bond donors (Lipinski definition) is 0. The quantitative estimate of drug-likeness (QED) is 0.178. The zero-order valence-electron chi connectivity index (χ0n) is 32.6. The summed E-state index contributed by atoms with van der Waals surface area (Å²) in [6, 6.07) is 30.6. The van der Waals surface area contributed by atoms with Gasteiger partial charge in [-0.3, -0.25) is 9.97 Å². The lowest BCUT2D eigenvalue weighted by molar-refractivity contribution is 0.584. The highest BCUT2D eigenvalue weighted by atomic mass is 15.0. The first-order valence-corrected chi connectivity index (χ1v) is 20.1. The molecule has 12 rings (SSSR count).